The van der Waals surface area contributed by atoms with E-state index in [1.165, 1.54) is 0 Å². The lowest BCUT2D eigenvalue weighted by atomic mass is 9.99. The minimum Gasteiger partial charge on any atom is -0.478 e. The van der Waals surface area contributed by atoms with Crippen LogP contribution in [0.1, 0.15) is 16.7 Å². The van der Waals surface area contributed by atoms with Crippen molar-refractivity contribution in [3.63, 3.8) is 0 Å². The summed E-state index contributed by atoms with van der Waals surface area (Å²) in [4.78, 5) is 12.6. The van der Waals surface area contributed by atoms with Gasteiger partial charge in [0.25, 0.3) is 0 Å². The quantitative estimate of drug-likeness (QED) is 0.585. The molecule has 0 atom stereocenters. The molecule has 0 aliphatic rings. The van der Waals surface area contributed by atoms with Crippen molar-refractivity contribution < 1.29 is 13.9 Å². The molecule has 0 bridgehead atoms. The third-order valence-electron chi connectivity index (χ3n) is 4.42. The molecule has 0 saturated heterocycles. The van der Waals surface area contributed by atoms with Gasteiger partial charge in [0.1, 0.15) is 29.2 Å². The zero-order valence-electron chi connectivity index (χ0n) is 15.4. The average molecular weight is 374 g/mol. The Morgan fingerprint density at radius 2 is 1.71 bits per heavy atom. The van der Waals surface area contributed by atoms with Gasteiger partial charge in [-0.1, -0.05) is 30.3 Å². The first kappa shape index (κ1) is 19.0. The third kappa shape index (κ3) is 4.13. The van der Waals surface area contributed by atoms with E-state index in [0.717, 1.165) is 11.1 Å². The summed E-state index contributed by atoms with van der Waals surface area (Å²) in [7, 11) is 0. The predicted octanol–water partition coefficient (Wildman–Crippen LogP) is 3.69. The van der Waals surface area contributed by atoms with E-state index in [4.69, 9.17) is 24.4 Å². The molecule has 6 heteroatoms. The Balaban J connectivity index is 2.05. The van der Waals surface area contributed by atoms with Crippen molar-refractivity contribution in [2.45, 2.75) is 19.8 Å². The van der Waals surface area contributed by atoms with Gasteiger partial charge in [-0.15, -0.1) is 0 Å². The molecule has 2 aromatic carbocycles. The van der Waals surface area contributed by atoms with Crippen LogP contribution in [0.4, 0.5) is 0 Å². The fourth-order valence-electron chi connectivity index (χ4n) is 3.11. The van der Waals surface area contributed by atoms with E-state index in [2.05, 4.69) is 0 Å². The lowest BCUT2D eigenvalue weighted by Crippen LogP contribution is -2.12. The van der Waals surface area contributed by atoms with Crippen molar-refractivity contribution in [3.05, 3.63) is 69.6 Å². The van der Waals surface area contributed by atoms with E-state index < -0.39 is 5.63 Å². The van der Waals surface area contributed by atoms with Gasteiger partial charge >= 0.3 is 5.63 Å². The zero-order chi connectivity index (χ0) is 19.9. The van der Waals surface area contributed by atoms with E-state index in [0.29, 0.717) is 40.9 Å². The summed E-state index contributed by atoms with van der Waals surface area (Å²) in [5, 5.41) is 18.2. The van der Waals surface area contributed by atoms with Crippen LogP contribution in [0.5, 0.6) is 11.5 Å². The van der Waals surface area contributed by atoms with Crippen LogP contribution in [-0.4, -0.2) is 13.2 Å². The first-order chi connectivity index (χ1) is 13.6. The van der Waals surface area contributed by atoms with E-state index in [1.807, 2.05) is 49.4 Å². The maximum Gasteiger partial charge on any atom is 0.339 e. The standard InChI is InChI=1S/C22H18N2O4/c1-15-18(8-7-16-5-3-2-4-6-16)22(25)28-20-14-17(26-11-9-23)13-19(21(15)20)27-12-10-24/h2-6,13-14H,7-8,11-12H2,1H3. The lowest BCUT2D eigenvalue weighted by Gasteiger charge is -2.13. The van der Waals surface area contributed by atoms with Crippen LogP contribution >= 0.6 is 0 Å². The van der Waals surface area contributed by atoms with E-state index in [9.17, 15) is 4.79 Å². The Bertz CT molecular complexity index is 1120. The van der Waals surface area contributed by atoms with Gasteiger partial charge in [0, 0.05) is 17.7 Å². The molecule has 1 heterocycles. The minimum atomic E-state index is -0.412. The van der Waals surface area contributed by atoms with Crippen molar-refractivity contribution >= 4 is 11.0 Å². The van der Waals surface area contributed by atoms with Crippen LogP contribution < -0.4 is 15.1 Å². The third-order valence-corrected chi connectivity index (χ3v) is 4.42. The average Bonchev–Trinajstić information content (AvgIpc) is 2.70. The highest BCUT2D eigenvalue weighted by atomic mass is 16.5. The molecule has 0 N–H and O–H groups in total. The van der Waals surface area contributed by atoms with Crippen molar-refractivity contribution in [1.29, 1.82) is 10.5 Å². The molecular weight excluding hydrogens is 356 g/mol. The Morgan fingerprint density at radius 1 is 1.00 bits per heavy atom. The second kappa shape index (κ2) is 8.75. The Kier molecular flexibility index (Phi) is 5.94. The number of nitriles is 2. The number of ether oxygens (including phenoxy) is 2. The van der Waals surface area contributed by atoms with Crippen molar-refractivity contribution in [3.8, 4) is 23.6 Å². The van der Waals surface area contributed by atoms with Gasteiger partial charge in [-0.2, -0.15) is 10.5 Å². The van der Waals surface area contributed by atoms with Gasteiger partial charge in [0.15, 0.2) is 13.2 Å². The van der Waals surface area contributed by atoms with Gasteiger partial charge in [0.2, 0.25) is 0 Å². The van der Waals surface area contributed by atoms with Crippen LogP contribution in [0.3, 0.4) is 0 Å². The molecule has 0 amide bonds. The topological polar surface area (TPSA) is 96.2 Å². The minimum absolute atomic E-state index is 0.151. The molecule has 0 spiro atoms. The highest BCUT2D eigenvalue weighted by Crippen LogP contribution is 2.34. The fourth-order valence-corrected chi connectivity index (χ4v) is 3.11. The normalized spacial score (nSPS) is 10.2. The smallest absolute Gasteiger partial charge is 0.339 e. The largest absolute Gasteiger partial charge is 0.478 e. The summed E-state index contributed by atoms with van der Waals surface area (Å²) in [5.41, 5.74) is 2.34. The summed E-state index contributed by atoms with van der Waals surface area (Å²) < 4.78 is 16.4. The van der Waals surface area contributed by atoms with E-state index in [-0.39, 0.29) is 13.2 Å². The maximum atomic E-state index is 12.6. The van der Waals surface area contributed by atoms with Crippen LogP contribution in [0.2, 0.25) is 0 Å². The van der Waals surface area contributed by atoms with Gasteiger partial charge in [-0.25, -0.2) is 4.79 Å². The number of benzene rings is 2. The second-order valence-electron chi connectivity index (χ2n) is 6.17. The fraction of sp³-hybridized carbons (Fsp3) is 0.227. The predicted molar refractivity (Wildman–Crippen MR) is 103 cm³/mol. The molecule has 6 nitrogen and oxygen atoms in total. The highest BCUT2D eigenvalue weighted by Gasteiger charge is 2.17. The van der Waals surface area contributed by atoms with Crippen LogP contribution in [0.15, 0.2) is 51.7 Å². The van der Waals surface area contributed by atoms with Crippen LogP contribution in [0.25, 0.3) is 11.0 Å². The molecule has 0 radical (unpaired) electrons. The van der Waals surface area contributed by atoms with E-state index in [1.54, 1.807) is 12.1 Å². The Morgan fingerprint density at radius 3 is 2.43 bits per heavy atom. The molecule has 3 rings (SSSR count). The molecule has 0 aliphatic heterocycles. The molecular formula is C22H18N2O4. The molecule has 140 valence electrons. The summed E-state index contributed by atoms with van der Waals surface area (Å²) in [6, 6.07) is 16.9. The summed E-state index contributed by atoms with van der Waals surface area (Å²) in [5.74, 6) is 0.718. The van der Waals surface area contributed by atoms with Crippen LogP contribution in [-0.2, 0) is 12.8 Å². The number of hydrogen-bond acceptors (Lipinski definition) is 6. The van der Waals surface area contributed by atoms with E-state index >= 15 is 0 Å². The second-order valence-corrected chi connectivity index (χ2v) is 6.17. The zero-order valence-corrected chi connectivity index (χ0v) is 15.4. The monoisotopic (exact) mass is 374 g/mol. The summed E-state index contributed by atoms with van der Waals surface area (Å²) in [6.07, 6.45) is 1.23. The Labute approximate surface area is 162 Å². The molecule has 0 fully saturated rings. The highest BCUT2D eigenvalue weighted by molar-refractivity contribution is 5.89. The van der Waals surface area contributed by atoms with Crippen molar-refractivity contribution in [1.82, 2.24) is 0 Å². The lowest BCUT2D eigenvalue weighted by molar-refractivity contribution is 0.351. The Hall–Kier alpha value is -3.77. The number of hydrogen-bond donors (Lipinski definition) is 0. The first-order valence-corrected chi connectivity index (χ1v) is 8.77. The summed E-state index contributed by atoms with van der Waals surface area (Å²) in [6.45, 7) is 1.53. The SMILES string of the molecule is Cc1c(CCc2ccccc2)c(=O)oc2cc(OCC#N)cc(OCC#N)c12. The van der Waals surface area contributed by atoms with Crippen molar-refractivity contribution in [2.75, 3.05) is 13.2 Å². The molecule has 0 aliphatic carbocycles. The molecule has 0 unspecified atom stereocenters. The van der Waals surface area contributed by atoms with Crippen LogP contribution in [0, 0.1) is 29.6 Å². The van der Waals surface area contributed by atoms with Gasteiger partial charge in [0.05, 0.1) is 5.39 Å². The maximum absolute atomic E-state index is 12.6. The number of rotatable bonds is 7. The summed E-state index contributed by atoms with van der Waals surface area (Å²) >= 11 is 0. The van der Waals surface area contributed by atoms with Crippen molar-refractivity contribution in [2.24, 2.45) is 0 Å². The van der Waals surface area contributed by atoms with Gasteiger partial charge in [-0.3, -0.25) is 0 Å². The number of nitrogens with zero attached hydrogens (tertiary/aromatic N) is 2. The van der Waals surface area contributed by atoms with Gasteiger partial charge < -0.3 is 13.9 Å². The van der Waals surface area contributed by atoms with Gasteiger partial charge in [-0.05, 0) is 30.9 Å². The number of fused-ring (bicyclic) bond motifs is 1. The molecule has 28 heavy (non-hydrogen) atoms. The first-order valence-electron chi connectivity index (χ1n) is 8.77. The molecule has 1 aromatic heterocycles. The number of aryl methyl sites for hydroxylation is 2. The molecule has 3 aromatic rings. The molecule has 0 saturated carbocycles.